The molecule has 0 aliphatic carbocycles. The van der Waals surface area contributed by atoms with Crippen LogP contribution in [0.4, 0.5) is 19.3 Å². The van der Waals surface area contributed by atoms with Crippen molar-refractivity contribution in [3.05, 3.63) is 60.1 Å². The van der Waals surface area contributed by atoms with E-state index in [2.05, 4.69) is 20.8 Å². The molecule has 0 spiro atoms. The lowest BCUT2D eigenvalue weighted by Crippen LogP contribution is -2.36. The van der Waals surface area contributed by atoms with E-state index in [9.17, 15) is 13.6 Å². The number of urea groups is 1. The highest BCUT2D eigenvalue weighted by Gasteiger charge is 2.24. The smallest absolute Gasteiger partial charge is 0.319 e. The largest absolute Gasteiger partial charge is 0.328 e. The number of nitrogens with zero attached hydrogens (tertiary/aromatic N) is 3. The number of carbonyl (C=O) groups excluding carboxylic acids is 1. The number of carbonyl (C=O) groups is 1. The molecule has 0 saturated carbocycles. The molecular formula is C17H17F2N5O. The second-order valence-corrected chi connectivity index (χ2v) is 5.93. The summed E-state index contributed by atoms with van der Waals surface area (Å²) in [7, 11) is 0. The Morgan fingerprint density at radius 1 is 1.16 bits per heavy atom. The predicted octanol–water partition coefficient (Wildman–Crippen LogP) is 3.53. The Bertz CT molecular complexity index is 909. The molecule has 0 fully saturated rings. The van der Waals surface area contributed by atoms with Crippen molar-refractivity contribution in [1.82, 2.24) is 19.9 Å². The maximum absolute atomic E-state index is 13.7. The number of nitrogens with one attached hydrogen (secondary N) is 2. The first-order valence-electron chi connectivity index (χ1n) is 7.78. The Hall–Kier alpha value is -3.03. The predicted molar refractivity (Wildman–Crippen MR) is 89.1 cm³/mol. The van der Waals surface area contributed by atoms with Crippen molar-refractivity contribution < 1.29 is 13.6 Å². The first-order chi connectivity index (χ1) is 12.0. The molecular weight excluding hydrogens is 328 g/mol. The lowest BCUT2D eigenvalue weighted by molar-refractivity contribution is 0.243. The average Bonchev–Trinajstić information content (AvgIpc) is 2.99. The quantitative estimate of drug-likeness (QED) is 0.760. The van der Waals surface area contributed by atoms with E-state index in [1.54, 1.807) is 10.6 Å². The van der Waals surface area contributed by atoms with Crippen LogP contribution in [0.5, 0.6) is 0 Å². The van der Waals surface area contributed by atoms with Crippen LogP contribution in [0.3, 0.4) is 0 Å². The molecule has 1 aromatic carbocycles. The van der Waals surface area contributed by atoms with Gasteiger partial charge >= 0.3 is 6.03 Å². The molecule has 1 unspecified atom stereocenters. The van der Waals surface area contributed by atoms with Crippen LogP contribution in [0, 0.1) is 17.6 Å². The summed E-state index contributed by atoms with van der Waals surface area (Å²) in [4.78, 5) is 12.3. The number of benzene rings is 1. The van der Waals surface area contributed by atoms with Gasteiger partial charge in [-0.15, -0.1) is 10.2 Å². The number of amides is 2. The van der Waals surface area contributed by atoms with Gasteiger partial charge in [0.25, 0.3) is 0 Å². The van der Waals surface area contributed by atoms with Gasteiger partial charge in [0.15, 0.2) is 11.5 Å². The van der Waals surface area contributed by atoms with E-state index in [1.807, 2.05) is 32.0 Å². The third kappa shape index (κ3) is 3.57. The first kappa shape index (κ1) is 16.8. The van der Waals surface area contributed by atoms with Crippen LogP contribution in [0.2, 0.25) is 0 Å². The van der Waals surface area contributed by atoms with E-state index in [0.29, 0.717) is 17.5 Å². The van der Waals surface area contributed by atoms with Gasteiger partial charge in [0.1, 0.15) is 11.6 Å². The fraction of sp³-hybridized carbons (Fsp3) is 0.235. The number of halogens is 2. The Balaban J connectivity index is 1.81. The molecule has 3 rings (SSSR count). The van der Waals surface area contributed by atoms with Crippen LogP contribution in [-0.2, 0) is 0 Å². The van der Waals surface area contributed by atoms with E-state index in [1.165, 1.54) is 6.07 Å². The highest BCUT2D eigenvalue weighted by molar-refractivity contribution is 5.89. The van der Waals surface area contributed by atoms with Gasteiger partial charge in [-0.25, -0.2) is 13.6 Å². The topological polar surface area (TPSA) is 71.3 Å². The summed E-state index contributed by atoms with van der Waals surface area (Å²) in [5.41, 5.74) is 0.558. The maximum Gasteiger partial charge on any atom is 0.319 e. The van der Waals surface area contributed by atoms with E-state index in [4.69, 9.17) is 0 Å². The molecule has 2 amide bonds. The number of anilines is 1. The molecule has 6 nitrogen and oxygen atoms in total. The summed E-state index contributed by atoms with van der Waals surface area (Å²) in [6.07, 6.45) is 1.80. The lowest BCUT2D eigenvalue weighted by Gasteiger charge is -2.21. The van der Waals surface area contributed by atoms with Crippen LogP contribution in [0.1, 0.15) is 25.7 Å². The van der Waals surface area contributed by atoms with E-state index >= 15 is 0 Å². The number of pyridine rings is 1. The molecule has 0 bridgehead atoms. The third-order valence-electron chi connectivity index (χ3n) is 3.75. The number of hydrogen-bond donors (Lipinski definition) is 2. The normalized spacial score (nSPS) is 12.4. The molecule has 0 aliphatic heterocycles. The molecule has 8 heteroatoms. The summed E-state index contributed by atoms with van der Waals surface area (Å²) in [5, 5.41) is 13.4. The fourth-order valence-corrected chi connectivity index (χ4v) is 2.49. The van der Waals surface area contributed by atoms with Crippen molar-refractivity contribution >= 4 is 17.4 Å². The van der Waals surface area contributed by atoms with Gasteiger partial charge in [-0.3, -0.25) is 4.40 Å². The molecule has 25 heavy (non-hydrogen) atoms. The molecule has 0 aliphatic rings. The number of aromatic nitrogens is 3. The van der Waals surface area contributed by atoms with Crippen molar-refractivity contribution in [1.29, 1.82) is 0 Å². The van der Waals surface area contributed by atoms with Crippen LogP contribution in [0.15, 0.2) is 42.6 Å². The Labute approximate surface area is 142 Å². The summed E-state index contributed by atoms with van der Waals surface area (Å²) >= 11 is 0. The number of fused-ring (bicyclic) bond motifs is 1. The molecule has 2 heterocycles. The SMILES string of the molecule is CC(C)C(NC(=O)Nc1ccc(F)cc1F)c1nnc2ccccn12. The van der Waals surface area contributed by atoms with Gasteiger partial charge < -0.3 is 10.6 Å². The average molecular weight is 345 g/mol. The minimum Gasteiger partial charge on any atom is -0.328 e. The third-order valence-corrected chi connectivity index (χ3v) is 3.75. The highest BCUT2D eigenvalue weighted by atomic mass is 19.1. The van der Waals surface area contributed by atoms with Crippen molar-refractivity contribution in [2.24, 2.45) is 5.92 Å². The minimum absolute atomic E-state index is 0.0106. The first-order valence-corrected chi connectivity index (χ1v) is 7.78. The molecule has 130 valence electrons. The number of rotatable bonds is 4. The van der Waals surface area contributed by atoms with Crippen LogP contribution in [0.25, 0.3) is 5.65 Å². The Morgan fingerprint density at radius 3 is 2.68 bits per heavy atom. The van der Waals surface area contributed by atoms with Gasteiger partial charge in [-0.2, -0.15) is 0 Å². The summed E-state index contributed by atoms with van der Waals surface area (Å²) in [6, 6.07) is 7.38. The van der Waals surface area contributed by atoms with Crippen LogP contribution < -0.4 is 10.6 Å². The van der Waals surface area contributed by atoms with Crippen molar-refractivity contribution in [3.8, 4) is 0 Å². The Morgan fingerprint density at radius 2 is 1.96 bits per heavy atom. The Kier molecular flexibility index (Phi) is 4.60. The zero-order chi connectivity index (χ0) is 18.0. The second-order valence-electron chi connectivity index (χ2n) is 5.93. The zero-order valence-corrected chi connectivity index (χ0v) is 13.7. The highest BCUT2D eigenvalue weighted by Crippen LogP contribution is 2.21. The van der Waals surface area contributed by atoms with E-state index in [-0.39, 0.29) is 11.6 Å². The second kappa shape index (κ2) is 6.84. The van der Waals surface area contributed by atoms with Crippen molar-refractivity contribution in [2.45, 2.75) is 19.9 Å². The lowest BCUT2D eigenvalue weighted by atomic mass is 10.0. The van der Waals surface area contributed by atoms with Gasteiger partial charge in [-0.1, -0.05) is 19.9 Å². The molecule has 0 saturated heterocycles. The molecule has 0 radical (unpaired) electrons. The zero-order valence-electron chi connectivity index (χ0n) is 13.7. The van der Waals surface area contributed by atoms with Gasteiger partial charge in [-0.05, 0) is 30.2 Å². The maximum atomic E-state index is 13.7. The summed E-state index contributed by atoms with van der Waals surface area (Å²) in [6.45, 7) is 3.85. The van der Waals surface area contributed by atoms with E-state index in [0.717, 1.165) is 6.07 Å². The van der Waals surface area contributed by atoms with Crippen molar-refractivity contribution in [2.75, 3.05) is 5.32 Å². The molecule has 1 atom stereocenters. The monoisotopic (exact) mass is 345 g/mol. The summed E-state index contributed by atoms with van der Waals surface area (Å²) < 4.78 is 28.4. The minimum atomic E-state index is -0.843. The van der Waals surface area contributed by atoms with Gasteiger partial charge in [0.05, 0.1) is 11.7 Å². The molecule has 2 N–H and O–H groups in total. The van der Waals surface area contributed by atoms with Crippen molar-refractivity contribution in [3.63, 3.8) is 0 Å². The standard InChI is InChI=1S/C17H17F2N5O/c1-10(2)15(16-23-22-14-5-3-4-8-24(14)16)21-17(25)20-13-7-6-11(18)9-12(13)19/h3-10,15H,1-2H3,(H2,20,21,25). The van der Waals surface area contributed by atoms with E-state index < -0.39 is 23.7 Å². The van der Waals surface area contributed by atoms with Gasteiger partial charge in [0.2, 0.25) is 0 Å². The molecule has 2 aromatic heterocycles. The van der Waals surface area contributed by atoms with Crippen LogP contribution >= 0.6 is 0 Å². The van der Waals surface area contributed by atoms with Crippen LogP contribution in [-0.4, -0.2) is 20.6 Å². The number of hydrogen-bond acceptors (Lipinski definition) is 3. The summed E-state index contributed by atoms with van der Waals surface area (Å²) in [5.74, 6) is -0.973. The fourth-order valence-electron chi connectivity index (χ4n) is 2.49. The molecule has 3 aromatic rings. The van der Waals surface area contributed by atoms with Gasteiger partial charge in [0, 0.05) is 12.3 Å².